The van der Waals surface area contributed by atoms with E-state index in [1.54, 1.807) is 68.6 Å². The minimum Gasteiger partial charge on any atom is -0.493 e. The highest BCUT2D eigenvalue weighted by molar-refractivity contribution is 7.92. The molecule has 0 saturated carbocycles. The molecule has 0 aliphatic carbocycles. The number of methoxy groups -OCH3 is 2. The van der Waals surface area contributed by atoms with Gasteiger partial charge < -0.3 is 14.8 Å². The van der Waals surface area contributed by atoms with Crippen LogP contribution in [0.25, 0.3) is 0 Å². The average Bonchev–Trinajstić information content (AvgIpc) is 2.77. The van der Waals surface area contributed by atoms with E-state index in [4.69, 9.17) is 9.47 Å². The third-order valence-corrected chi connectivity index (χ3v) is 6.19. The summed E-state index contributed by atoms with van der Waals surface area (Å²) >= 11 is 0. The van der Waals surface area contributed by atoms with E-state index in [1.165, 1.54) is 13.2 Å². The van der Waals surface area contributed by atoms with Crippen LogP contribution in [0, 0.1) is 6.92 Å². The summed E-state index contributed by atoms with van der Waals surface area (Å²) in [5.74, 6) is 0.771. The zero-order chi connectivity index (χ0) is 22.4. The number of hydrogen-bond donors (Lipinski definition) is 2. The monoisotopic (exact) mass is 440 g/mol. The Morgan fingerprint density at radius 1 is 0.903 bits per heavy atom. The van der Waals surface area contributed by atoms with Crippen LogP contribution in [0.4, 0.5) is 5.69 Å². The molecule has 3 rings (SSSR count). The average molecular weight is 441 g/mol. The standard InChI is InChI=1S/C23H24N2O5S/c1-16-9-11-18(14-22(16)31(27,28)25-19-7-5-4-6-8-19)23(26)24-15-17-10-12-20(29-2)21(13-17)30-3/h4-14,25H,15H2,1-3H3,(H,24,26). The summed E-state index contributed by atoms with van der Waals surface area (Å²) in [4.78, 5) is 12.7. The number of hydrogen-bond acceptors (Lipinski definition) is 5. The molecule has 0 aromatic heterocycles. The maximum absolute atomic E-state index is 12.8. The fourth-order valence-corrected chi connectivity index (χ4v) is 4.35. The van der Waals surface area contributed by atoms with E-state index in [2.05, 4.69) is 10.0 Å². The van der Waals surface area contributed by atoms with Gasteiger partial charge in [0.15, 0.2) is 11.5 Å². The number of carbonyl (C=O) groups is 1. The first kappa shape index (κ1) is 22.2. The number of amides is 1. The van der Waals surface area contributed by atoms with Crippen LogP contribution >= 0.6 is 0 Å². The number of carbonyl (C=O) groups excluding carboxylic acids is 1. The lowest BCUT2D eigenvalue weighted by molar-refractivity contribution is 0.0950. The van der Waals surface area contributed by atoms with Gasteiger partial charge in [0.2, 0.25) is 0 Å². The summed E-state index contributed by atoms with van der Waals surface area (Å²) in [6, 6.07) is 18.5. The maximum atomic E-state index is 12.8. The van der Waals surface area contributed by atoms with Crippen molar-refractivity contribution in [2.75, 3.05) is 18.9 Å². The smallest absolute Gasteiger partial charge is 0.262 e. The van der Waals surface area contributed by atoms with Crippen LogP contribution in [0.5, 0.6) is 11.5 Å². The van der Waals surface area contributed by atoms with Crippen LogP contribution in [0.15, 0.2) is 71.6 Å². The molecule has 0 saturated heterocycles. The molecule has 0 aliphatic rings. The molecule has 8 heteroatoms. The first-order chi connectivity index (χ1) is 14.8. The van der Waals surface area contributed by atoms with Gasteiger partial charge in [-0.3, -0.25) is 9.52 Å². The predicted molar refractivity (Wildman–Crippen MR) is 119 cm³/mol. The fraction of sp³-hybridized carbons (Fsp3) is 0.174. The van der Waals surface area contributed by atoms with Crippen molar-refractivity contribution in [2.24, 2.45) is 0 Å². The molecule has 3 aromatic carbocycles. The second-order valence-electron chi connectivity index (χ2n) is 6.82. The summed E-state index contributed by atoms with van der Waals surface area (Å²) in [6.07, 6.45) is 0. The first-order valence-corrected chi connectivity index (χ1v) is 11.0. The third kappa shape index (κ3) is 5.35. The van der Waals surface area contributed by atoms with E-state index in [9.17, 15) is 13.2 Å². The van der Waals surface area contributed by atoms with Crippen LogP contribution in [0.3, 0.4) is 0 Å². The number of aryl methyl sites for hydroxylation is 1. The number of rotatable bonds is 8. The second kappa shape index (κ2) is 9.53. The Hall–Kier alpha value is -3.52. The molecular formula is C23H24N2O5S. The van der Waals surface area contributed by atoms with Crippen LogP contribution in [-0.2, 0) is 16.6 Å². The lowest BCUT2D eigenvalue weighted by Crippen LogP contribution is -2.23. The summed E-state index contributed by atoms with van der Waals surface area (Å²) < 4.78 is 38.7. The molecule has 3 aromatic rings. The van der Waals surface area contributed by atoms with Crippen LogP contribution in [0.1, 0.15) is 21.5 Å². The Bertz CT molecular complexity index is 1180. The summed E-state index contributed by atoms with van der Waals surface area (Å²) in [7, 11) is -0.754. The van der Waals surface area contributed by atoms with Gasteiger partial charge in [0, 0.05) is 17.8 Å². The molecule has 0 aliphatic heterocycles. The molecule has 0 bridgehead atoms. The Kier molecular flexibility index (Phi) is 6.81. The maximum Gasteiger partial charge on any atom is 0.262 e. The van der Waals surface area contributed by atoms with Crippen molar-refractivity contribution in [1.82, 2.24) is 5.32 Å². The second-order valence-corrected chi connectivity index (χ2v) is 8.47. The van der Waals surface area contributed by atoms with Gasteiger partial charge in [0.25, 0.3) is 15.9 Å². The van der Waals surface area contributed by atoms with Gasteiger partial charge >= 0.3 is 0 Å². The van der Waals surface area contributed by atoms with E-state index < -0.39 is 10.0 Å². The number of sulfonamides is 1. The zero-order valence-electron chi connectivity index (χ0n) is 17.5. The minimum absolute atomic E-state index is 0.0510. The molecular weight excluding hydrogens is 416 g/mol. The van der Waals surface area contributed by atoms with Crippen molar-refractivity contribution in [3.05, 3.63) is 83.4 Å². The molecule has 162 valence electrons. The predicted octanol–water partition coefficient (Wildman–Crippen LogP) is 3.74. The SMILES string of the molecule is COc1ccc(CNC(=O)c2ccc(C)c(S(=O)(=O)Nc3ccccc3)c2)cc1OC. The van der Waals surface area contributed by atoms with Gasteiger partial charge in [-0.1, -0.05) is 30.3 Å². The summed E-state index contributed by atoms with van der Waals surface area (Å²) in [6.45, 7) is 1.93. The zero-order valence-corrected chi connectivity index (χ0v) is 18.3. The lowest BCUT2D eigenvalue weighted by atomic mass is 10.1. The van der Waals surface area contributed by atoms with E-state index >= 15 is 0 Å². The van der Waals surface area contributed by atoms with Gasteiger partial charge in [0.1, 0.15) is 0 Å². The Labute approximate surface area is 182 Å². The quantitative estimate of drug-likeness (QED) is 0.557. The molecule has 0 heterocycles. The minimum atomic E-state index is -3.84. The van der Waals surface area contributed by atoms with E-state index in [-0.39, 0.29) is 22.9 Å². The van der Waals surface area contributed by atoms with Crippen LogP contribution < -0.4 is 19.5 Å². The summed E-state index contributed by atoms with van der Waals surface area (Å²) in [5.41, 5.74) is 2.06. The van der Waals surface area contributed by atoms with Crippen molar-refractivity contribution >= 4 is 21.6 Å². The number of benzene rings is 3. The molecule has 2 N–H and O–H groups in total. The third-order valence-electron chi connectivity index (χ3n) is 4.67. The van der Waals surface area contributed by atoms with Crippen LogP contribution in [-0.4, -0.2) is 28.5 Å². The highest BCUT2D eigenvalue weighted by Crippen LogP contribution is 2.27. The fourth-order valence-electron chi connectivity index (χ4n) is 3.02. The first-order valence-electron chi connectivity index (χ1n) is 9.51. The van der Waals surface area contributed by atoms with Crippen molar-refractivity contribution in [1.29, 1.82) is 0 Å². The van der Waals surface area contributed by atoms with Gasteiger partial charge in [-0.15, -0.1) is 0 Å². The van der Waals surface area contributed by atoms with Gasteiger partial charge in [0.05, 0.1) is 19.1 Å². The largest absolute Gasteiger partial charge is 0.493 e. The highest BCUT2D eigenvalue weighted by Gasteiger charge is 2.19. The van der Waals surface area contributed by atoms with E-state index in [0.29, 0.717) is 22.7 Å². The van der Waals surface area contributed by atoms with Gasteiger partial charge in [-0.25, -0.2) is 8.42 Å². The Morgan fingerprint density at radius 2 is 1.61 bits per heavy atom. The van der Waals surface area contributed by atoms with E-state index in [0.717, 1.165) is 5.56 Å². The van der Waals surface area contributed by atoms with Crippen LogP contribution in [0.2, 0.25) is 0 Å². The molecule has 0 atom stereocenters. The number of ether oxygens (including phenoxy) is 2. The Balaban J connectivity index is 1.77. The van der Waals surface area contributed by atoms with Gasteiger partial charge in [-0.2, -0.15) is 0 Å². The van der Waals surface area contributed by atoms with Crippen molar-refractivity contribution in [3.8, 4) is 11.5 Å². The van der Waals surface area contributed by atoms with Crippen molar-refractivity contribution < 1.29 is 22.7 Å². The van der Waals surface area contributed by atoms with Crippen molar-refractivity contribution in [3.63, 3.8) is 0 Å². The molecule has 31 heavy (non-hydrogen) atoms. The highest BCUT2D eigenvalue weighted by atomic mass is 32.2. The molecule has 0 unspecified atom stereocenters. The number of para-hydroxylation sites is 1. The lowest BCUT2D eigenvalue weighted by Gasteiger charge is -2.13. The topological polar surface area (TPSA) is 93.7 Å². The van der Waals surface area contributed by atoms with E-state index in [1.807, 2.05) is 6.07 Å². The molecule has 0 spiro atoms. The molecule has 0 radical (unpaired) electrons. The van der Waals surface area contributed by atoms with Crippen molar-refractivity contribution in [2.45, 2.75) is 18.4 Å². The molecule has 7 nitrogen and oxygen atoms in total. The molecule has 0 fully saturated rings. The molecule has 1 amide bonds. The number of nitrogens with one attached hydrogen (secondary N) is 2. The Morgan fingerprint density at radius 3 is 2.29 bits per heavy atom. The van der Waals surface area contributed by atoms with Gasteiger partial charge in [-0.05, 0) is 54.4 Å². The number of anilines is 1. The summed E-state index contributed by atoms with van der Waals surface area (Å²) in [5, 5.41) is 2.80. The normalized spacial score (nSPS) is 10.9.